The molecule has 0 radical (unpaired) electrons. The Balaban J connectivity index is 2.28. The van der Waals surface area contributed by atoms with Crippen molar-refractivity contribution in [2.24, 2.45) is 0 Å². The van der Waals surface area contributed by atoms with Gasteiger partial charge in [0.05, 0.1) is 18.4 Å². The second kappa shape index (κ2) is 5.96. The zero-order chi connectivity index (χ0) is 15.4. The smallest absolute Gasteiger partial charge is 0.337 e. The van der Waals surface area contributed by atoms with E-state index >= 15 is 0 Å². The molecule has 6 heteroatoms. The topological polar surface area (TPSA) is 95.9 Å². The van der Waals surface area contributed by atoms with Crippen molar-refractivity contribution in [3.63, 3.8) is 0 Å². The number of phenols is 1. The molecule has 108 valence electrons. The number of hydrogen-bond donors (Lipinski definition) is 3. The van der Waals surface area contributed by atoms with E-state index in [2.05, 4.69) is 5.32 Å². The van der Waals surface area contributed by atoms with Crippen LogP contribution in [-0.2, 0) is 0 Å². The molecule has 0 saturated heterocycles. The molecular formula is C15H13NO5. The molecule has 0 bridgehead atoms. The molecule has 0 aromatic heterocycles. The number of rotatable bonds is 4. The predicted molar refractivity (Wildman–Crippen MR) is 76.0 cm³/mol. The molecule has 2 aromatic carbocycles. The third kappa shape index (κ3) is 3.30. The first-order chi connectivity index (χ1) is 10.0. The molecule has 2 aromatic rings. The van der Waals surface area contributed by atoms with Gasteiger partial charge >= 0.3 is 5.97 Å². The third-order valence-electron chi connectivity index (χ3n) is 2.83. The number of carbonyl (C=O) groups is 2. The minimum absolute atomic E-state index is 0.0437. The summed E-state index contributed by atoms with van der Waals surface area (Å²) in [5, 5.41) is 20.9. The van der Waals surface area contributed by atoms with Crippen molar-refractivity contribution < 1.29 is 24.5 Å². The maximum Gasteiger partial charge on any atom is 0.337 e. The summed E-state index contributed by atoms with van der Waals surface area (Å²) >= 11 is 0. The molecule has 3 N–H and O–H groups in total. The van der Waals surface area contributed by atoms with Crippen LogP contribution in [0.2, 0.25) is 0 Å². The number of aromatic hydroxyl groups is 1. The van der Waals surface area contributed by atoms with E-state index < -0.39 is 11.9 Å². The summed E-state index contributed by atoms with van der Waals surface area (Å²) in [6, 6.07) is 9.97. The van der Waals surface area contributed by atoms with Gasteiger partial charge in [-0.25, -0.2) is 4.79 Å². The lowest BCUT2D eigenvalue weighted by atomic mass is 10.1. The molecule has 2 rings (SSSR count). The number of benzene rings is 2. The summed E-state index contributed by atoms with van der Waals surface area (Å²) < 4.78 is 4.96. The van der Waals surface area contributed by atoms with E-state index in [9.17, 15) is 14.7 Å². The second-order valence-electron chi connectivity index (χ2n) is 4.22. The van der Waals surface area contributed by atoms with E-state index in [4.69, 9.17) is 9.84 Å². The summed E-state index contributed by atoms with van der Waals surface area (Å²) in [5.74, 6) is -1.21. The number of anilines is 1. The van der Waals surface area contributed by atoms with Crippen LogP contribution in [0.25, 0.3) is 0 Å². The number of nitrogens with one attached hydrogen (secondary N) is 1. The predicted octanol–water partition coefficient (Wildman–Crippen LogP) is 2.35. The lowest BCUT2D eigenvalue weighted by molar-refractivity contribution is 0.0697. The van der Waals surface area contributed by atoms with Gasteiger partial charge in [-0.15, -0.1) is 0 Å². The Morgan fingerprint density at radius 2 is 1.76 bits per heavy atom. The average molecular weight is 287 g/mol. The zero-order valence-corrected chi connectivity index (χ0v) is 11.2. The Morgan fingerprint density at radius 3 is 2.33 bits per heavy atom. The van der Waals surface area contributed by atoms with E-state index in [1.807, 2.05) is 0 Å². The van der Waals surface area contributed by atoms with Crippen LogP contribution in [-0.4, -0.2) is 29.2 Å². The second-order valence-corrected chi connectivity index (χ2v) is 4.22. The van der Waals surface area contributed by atoms with Crippen LogP contribution in [0.3, 0.4) is 0 Å². The molecular weight excluding hydrogens is 274 g/mol. The first kappa shape index (κ1) is 14.4. The minimum atomic E-state index is -1.17. The highest BCUT2D eigenvalue weighted by Gasteiger charge is 2.14. The fourth-order valence-corrected chi connectivity index (χ4v) is 1.74. The van der Waals surface area contributed by atoms with Crippen LogP contribution < -0.4 is 10.1 Å². The molecule has 21 heavy (non-hydrogen) atoms. The molecule has 0 aliphatic carbocycles. The summed E-state index contributed by atoms with van der Waals surface area (Å²) in [7, 11) is 1.43. The summed E-state index contributed by atoms with van der Waals surface area (Å²) in [6.45, 7) is 0. The molecule has 1 amide bonds. The number of ether oxygens (including phenoxy) is 1. The number of carboxylic acids is 1. The van der Waals surface area contributed by atoms with Crippen molar-refractivity contribution in [2.75, 3.05) is 12.4 Å². The fraction of sp³-hybridized carbons (Fsp3) is 0.0667. The van der Waals surface area contributed by atoms with Gasteiger partial charge in [0, 0.05) is 5.56 Å². The Hall–Kier alpha value is -3.02. The van der Waals surface area contributed by atoms with Crippen LogP contribution in [0.4, 0.5) is 5.69 Å². The van der Waals surface area contributed by atoms with Gasteiger partial charge < -0.3 is 20.3 Å². The van der Waals surface area contributed by atoms with Crippen molar-refractivity contribution in [1.82, 2.24) is 0 Å². The monoisotopic (exact) mass is 287 g/mol. The molecule has 6 nitrogen and oxygen atoms in total. The van der Waals surface area contributed by atoms with E-state index in [-0.39, 0.29) is 17.0 Å². The van der Waals surface area contributed by atoms with E-state index in [1.54, 1.807) is 6.07 Å². The number of methoxy groups -OCH3 is 1. The largest absolute Gasteiger partial charge is 0.508 e. The third-order valence-corrected chi connectivity index (χ3v) is 2.83. The van der Waals surface area contributed by atoms with Gasteiger partial charge in [0.25, 0.3) is 5.91 Å². The van der Waals surface area contributed by atoms with Crippen molar-refractivity contribution in [1.29, 1.82) is 0 Å². The Bertz CT molecular complexity index is 679. The number of phenolic OH excluding ortho intramolecular Hbond substituents is 1. The van der Waals surface area contributed by atoms with Crippen LogP contribution in [0, 0.1) is 0 Å². The zero-order valence-electron chi connectivity index (χ0n) is 11.2. The van der Waals surface area contributed by atoms with Gasteiger partial charge in [-0.05, 0) is 42.5 Å². The Labute approximate surface area is 120 Å². The van der Waals surface area contributed by atoms with Gasteiger partial charge in [-0.1, -0.05) is 0 Å². The van der Waals surface area contributed by atoms with E-state index in [0.29, 0.717) is 11.3 Å². The summed E-state index contributed by atoms with van der Waals surface area (Å²) in [6.07, 6.45) is 0. The molecule has 0 spiro atoms. The quantitative estimate of drug-likeness (QED) is 0.802. The molecule has 0 fully saturated rings. The van der Waals surface area contributed by atoms with E-state index in [0.717, 1.165) is 0 Å². The molecule has 0 aliphatic heterocycles. The SMILES string of the molecule is COc1ccc(NC(=O)c2ccc(O)cc2)c(C(=O)O)c1. The number of carbonyl (C=O) groups excluding carboxylic acids is 1. The number of hydrogen-bond acceptors (Lipinski definition) is 4. The van der Waals surface area contributed by atoms with Crippen LogP contribution in [0.15, 0.2) is 42.5 Å². The maximum atomic E-state index is 12.0. The van der Waals surface area contributed by atoms with Gasteiger partial charge in [-0.2, -0.15) is 0 Å². The van der Waals surface area contributed by atoms with E-state index in [1.165, 1.54) is 43.5 Å². The first-order valence-electron chi connectivity index (χ1n) is 6.03. The standard InChI is InChI=1S/C15H13NO5/c1-21-11-6-7-13(12(8-11)15(19)20)16-14(18)9-2-4-10(17)5-3-9/h2-8,17H,1H3,(H,16,18)(H,19,20). The van der Waals surface area contributed by atoms with Crippen molar-refractivity contribution in [3.8, 4) is 11.5 Å². The normalized spacial score (nSPS) is 9.95. The Kier molecular flexibility index (Phi) is 4.08. The molecule has 0 atom stereocenters. The molecule has 0 unspecified atom stereocenters. The number of aromatic carboxylic acids is 1. The van der Waals surface area contributed by atoms with Gasteiger partial charge in [0.1, 0.15) is 11.5 Å². The molecule has 0 saturated carbocycles. The van der Waals surface area contributed by atoms with Gasteiger partial charge in [-0.3, -0.25) is 4.79 Å². The van der Waals surface area contributed by atoms with Gasteiger partial charge in [0.15, 0.2) is 0 Å². The number of carboxylic acid groups (broad SMARTS) is 1. The van der Waals surface area contributed by atoms with Gasteiger partial charge in [0.2, 0.25) is 0 Å². The fourth-order valence-electron chi connectivity index (χ4n) is 1.74. The van der Waals surface area contributed by atoms with Crippen LogP contribution >= 0.6 is 0 Å². The maximum absolute atomic E-state index is 12.0. The Morgan fingerprint density at radius 1 is 1.10 bits per heavy atom. The lowest BCUT2D eigenvalue weighted by Gasteiger charge is -2.10. The highest BCUT2D eigenvalue weighted by Crippen LogP contribution is 2.23. The van der Waals surface area contributed by atoms with Crippen LogP contribution in [0.5, 0.6) is 11.5 Å². The van der Waals surface area contributed by atoms with Crippen molar-refractivity contribution in [2.45, 2.75) is 0 Å². The van der Waals surface area contributed by atoms with Crippen LogP contribution in [0.1, 0.15) is 20.7 Å². The lowest BCUT2D eigenvalue weighted by Crippen LogP contribution is -2.14. The first-order valence-corrected chi connectivity index (χ1v) is 6.03. The highest BCUT2D eigenvalue weighted by molar-refractivity contribution is 6.07. The van der Waals surface area contributed by atoms with Crippen molar-refractivity contribution in [3.05, 3.63) is 53.6 Å². The van der Waals surface area contributed by atoms with Crippen molar-refractivity contribution >= 4 is 17.6 Å². The highest BCUT2D eigenvalue weighted by atomic mass is 16.5. The summed E-state index contributed by atoms with van der Waals surface area (Å²) in [4.78, 5) is 23.3. The average Bonchev–Trinajstić information content (AvgIpc) is 2.48. The molecule has 0 aliphatic rings. The minimum Gasteiger partial charge on any atom is -0.508 e. The molecule has 0 heterocycles. The number of amides is 1. The summed E-state index contributed by atoms with van der Waals surface area (Å²) in [5.41, 5.74) is 0.405.